The standard InChI is InChI=1S/C24H32N6O/c1-16-11-12-17(2)23-21(16)13-18(24(31)25-23)14-29(19-7-3-4-8-19)15-22-26-27-28-30(22)20-9-5-6-10-20/h11-13,19-20H,3-10,14-15H2,1-2H3,(H,25,31). The Morgan fingerprint density at radius 2 is 1.74 bits per heavy atom. The summed E-state index contributed by atoms with van der Waals surface area (Å²) in [6.07, 6.45) is 9.67. The Morgan fingerprint density at radius 1 is 1.03 bits per heavy atom. The van der Waals surface area contributed by atoms with Gasteiger partial charge in [-0.2, -0.15) is 0 Å². The largest absolute Gasteiger partial charge is 0.321 e. The zero-order chi connectivity index (χ0) is 21.4. The van der Waals surface area contributed by atoms with Crippen LogP contribution in [0.3, 0.4) is 0 Å². The lowest BCUT2D eigenvalue weighted by Gasteiger charge is -2.28. The van der Waals surface area contributed by atoms with Crippen LogP contribution in [0, 0.1) is 13.8 Å². The Morgan fingerprint density at radius 3 is 2.52 bits per heavy atom. The van der Waals surface area contributed by atoms with Gasteiger partial charge in [-0.05, 0) is 67.2 Å². The van der Waals surface area contributed by atoms with E-state index in [1.54, 1.807) is 0 Å². The fraction of sp³-hybridized carbons (Fsp3) is 0.583. The lowest BCUT2D eigenvalue weighted by Crippen LogP contribution is -2.35. The molecular weight excluding hydrogens is 388 g/mol. The molecule has 0 aliphatic heterocycles. The highest BCUT2D eigenvalue weighted by Crippen LogP contribution is 2.31. The third-order valence-corrected chi connectivity index (χ3v) is 7.31. The van der Waals surface area contributed by atoms with Gasteiger partial charge < -0.3 is 4.98 Å². The van der Waals surface area contributed by atoms with Crippen molar-refractivity contribution in [1.82, 2.24) is 30.1 Å². The van der Waals surface area contributed by atoms with Gasteiger partial charge in [-0.3, -0.25) is 9.69 Å². The van der Waals surface area contributed by atoms with Crippen LogP contribution in [0.2, 0.25) is 0 Å². The molecule has 7 nitrogen and oxygen atoms in total. The van der Waals surface area contributed by atoms with Gasteiger partial charge >= 0.3 is 0 Å². The molecular formula is C24H32N6O. The first-order valence-electron chi connectivity index (χ1n) is 11.7. The topological polar surface area (TPSA) is 79.7 Å². The predicted octanol–water partition coefficient (Wildman–Crippen LogP) is 4.19. The Hall–Kier alpha value is -2.54. The van der Waals surface area contributed by atoms with Crippen LogP contribution in [0.25, 0.3) is 10.9 Å². The molecule has 5 rings (SSSR count). The molecule has 2 aliphatic rings. The fourth-order valence-electron chi connectivity index (χ4n) is 5.47. The lowest BCUT2D eigenvalue weighted by atomic mass is 10.0. The smallest absolute Gasteiger partial charge is 0.252 e. The molecule has 0 saturated heterocycles. The number of aryl methyl sites for hydroxylation is 2. The first kappa shape index (κ1) is 20.4. The number of rotatable bonds is 6. The number of aromatic nitrogens is 5. The van der Waals surface area contributed by atoms with Crippen LogP contribution in [-0.4, -0.2) is 36.1 Å². The Balaban J connectivity index is 1.47. The van der Waals surface area contributed by atoms with E-state index >= 15 is 0 Å². The number of benzene rings is 1. The normalized spacial score (nSPS) is 18.0. The van der Waals surface area contributed by atoms with Crippen molar-refractivity contribution < 1.29 is 0 Å². The molecule has 31 heavy (non-hydrogen) atoms. The first-order valence-corrected chi connectivity index (χ1v) is 11.7. The molecule has 0 spiro atoms. The van der Waals surface area contributed by atoms with E-state index in [0.717, 1.165) is 40.7 Å². The third kappa shape index (κ3) is 4.03. The van der Waals surface area contributed by atoms with Crippen LogP contribution in [0.4, 0.5) is 0 Å². The summed E-state index contributed by atoms with van der Waals surface area (Å²) in [5, 5.41) is 13.8. The quantitative estimate of drug-likeness (QED) is 0.647. The van der Waals surface area contributed by atoms with E-state index in [9.17, 15) is 4.79 Å². The number of H-pyrrole nitrogens is 1. The molecule has 0 atom stereocenters. The van der Waals surface area contributed by atoms with Crippen LogP contribution in [-0.2, 0) is 13.1 Å². The van der Waals surface area contributed by atoms with Gasteiger partial charge in [0.05, 0.1) is 18.1 Å². The van der Waals surface area contributed by atoms with Gasteiger partial charge in [0.1, 0.15) is 0 Å². The molecule has 2 heterocycles. The third-order valence-electron chi connectivity index (χ3n) is 7.31. The molecule has 3 aromatic rings. The summed E-state index contributed by atoms with van der Waals surface area (Å²) in [7, 11) is 0. The number of nitrogens with zero attached hydrogens (tertiary/aromatic N) is 5. The van der Waals surface area contributed by atoms with Crippen molar-refractivity contribution in [3.8, 4) is 0 Å². The molecule has 2 saturated carbocycles. The van der Waals surface area contributed by atoms with Gasteiger partial charge in [0.2, 0.25) is 0 Å². The summed E-state index contributed by atoms with van der Waals surface area (Å²) >= 11 is 0. The second-order valence-corrected chi connectivity index (χ2v) is 9.43. The van der Waals surface area contributed by atoms with Gasteiger partial charge in [0.25, 0.3) is 5.56 Å². The first-order chi connectivity index (χ1) is 15.1. The van der Waals surface area contributed by atoms with Gasteiger partial charge in [-0.1, -0.05) is 37.8 Å². The van der Waals surface area contributed by atoms with Crippen molar-refractivity contribution in [3.63, 3.8) is 0 Å². The zero-order valence-corrected chi connectivity index (χ0v) is 18.6. The highest BCUT2D eigenvalue weighted by Gasteiger charge is 2.28. The SMILES string of the molecule is Cc1ccc(C)c2[nH]c(=O)c(CN(Cc3nnnn3C3CCCC3)C3CCCC3)cc12. The maximum atomic E-state index is 13.0. The van der Waals surface area contributed by atoms with Crippen molar-refractivity contribution >= 4 is 10.9 Å². The minimum Gasteiger partial charge on any atom is -0.321 e. The van der Waals surface area contributed by atoms with Crippen LogP contribution in [0.15, 0.2) is 23.0 Å². The Kier molecular flexibility index (Phi) is 5.61. The Labute approximate surface area is 182 Å². The summed E-state index contributed by atoms with van der Waals surface area (Å²) in [6.45, 7) is 5.47. The molecule has 0 unspecified atom stereocenters. The van der Waals surface area contributed by atoms with Gasteiger partial charge in [-0.25, -0.2) is 4.68 Å². The minimum atomic E-state index is 0.0135. The number of nitrogens with one attached hydrogen (secondary N) is 1. The minimum absolute atomic E-state index is 0.0135. The maximum absolute atomic E-state index is 13.0. The maximum Gasteiger partial charge on any atom is 0.252 e. The van der Waals surface area contributed by atoms with Crippen molar-refractivity contribution in [3.05, 3.63) is 51.1 Å². The summed E-state index contributed by atoms with van der Waals surface area (Å²) in [4.78, 5) is 18.6. The molecule has 0 radical (unpaired) electrons. The highest BCUT2D eigenvalue weighted by molar-refractivity contribution is 5.85. The number of fused-ring (bicyclic) bond motifs is 1. The summed E-state index contributed by atoms with van der Waals surface area (Å²) in [6, 6.07) is 7.19. The average molecular weight is 421 g/mol. The van der Waals surface area contributed by atoms with Crippen molar-refractivity contribution in [2.24, 2.45) is 0 Å². The predicted molar refractivity (Wildman–Crippen MR) is 121 cm³/mol. The van der Waals surface area contributed by atoms with Crippen molar-refractivity contribution in [2.45, 2.75) is 90.4 Å². The Bertz CT molecular complexity index is 1120. The van der Waals surface area contributed by atoms with Crippen LogP contribution >= 0.6 is 0 Å². The number of aromatic amines is 1. The fourth-order valence-corrected chi connectivity index (χ4v) is 5.47. The zero-order valence-electron chi connectivity index (χ0n) is 18.6. The van der Waals surface area contributed by atoms with Crippen LogP contribution in [0.5, 0.6) is 0 Å². The van der Waals surface area contributed by atoms with Crippen molar-refractivity contribution in [2.75, 3.05) is 0 Å². The van der Waals surface area contributed by atoms with E-state index in [2.05, 4.69) is 50.5 Å². The molecule has 2 aromatic heterocycles. The molecule has 2 aliphatic carbocycles. The van der Waals surface area contributed by atoms with E-state index in [0.29, 0.717) is 25.2 Å². The molecule has 2 fully saturated rings. The van der Waals surface area contributed by atoms with E-state index in [-0.39, 0.29) is 5.56 Å². The summed E-state index contributed by atoms with van der Waals surface area (Å²) < 4.78 is 2.05. The monoisotopic (exact) mass is 420 g/mol. The van der Waals surface area contributed by atoms with Crippen LogP contribution < -0.4 is 5.56 Å². The molecule has 164 valence electrons. The second kappa shape index (κ2) is 8.54. The number of hydrogen-bond acceptors (Lipinski definition) is 5. The van der Waals surface area contributed by atoms with E-state index < -0.39 is 0 Å². The number of pyridine rings is 1. The number of tetrazole rings is 1. The molecule has 1 N–H and O–H groups in total. The van der Waals surface area contributed by atoms with E-state index in [4.69, 9.17) is 0 Å². The van der Waals surface area contributed by atoms with Crippen LogP contribution in [0.1, 0.15) is 79.9 Å². The second-order valence-electron chi connectivity index (χ2n) is 9.43. The molecule has 0 bridgehead atoms. The molecule has 1 aromatic carbocycles. The molecule has 7 heteroatoms. The van der Waals surface area contributed by atoms with E-state index in [1.807, 2.05) is 11.6 Å². The van der Waals surface area contributed by atoms with Gasteiger partial charge in [0.15, 0.2) is 5.82 Å². The van der Waals surface area contributed by atoms with Gasteiger partial charge in [-0.15, -0.1) is 5.10 Å². The molecule has 0 amide bonds. The van der Waals surface area contributed by atoms with E-state index in [1.165, 1.54) is 44.1 Å². The van der Waals surface area contributed by atoms with Gasteiger partial charge in [0, 0.05) is 23.5 Å². The summed E-state index contributed by atoms with van der Waals surface area (Å²) in [5.74, 6) is 0.933. The average Bonchev–Trinajstić information content (AvgIpc) is 3.53. The summed E-state index contributed by atoms with van der Waals surface area (Å²) in [5.41, 5.74) is 4.09. The highest BCUT2D eigenvalue weighted by atomic mass is 16.1. The number of hydrogen-bond donors (Lipinski definition) is 1. The lowest BCUT2D eigenvalue weighted by molar-refractivity contribution is 0.170. The van der Waals surface area contributed by atoms with Crippen molar-refractivity contribution in [1.29, 1.82) is 0 Å².